The fraction of sp³-hybridized carbons (Fsp3) is 0.923. The first kappa shape index (κ1) is 11.9. The molecule has 0 aromatic heterocycles. The standard InChI is InChI=1S/C13H24N2O/c1-13(2,3)11-8-10(11)12(16)15-6-4-9(14)5-7-15/h9-11H,4-8,14H2,1-3H3. The van der Waals surface area contributed by atoms with E-state index in [1.54, 1.807) is 0 Å². The molecule has 2 fully saturated rings. The van der Waals surface area contributed by atoms with Crippen molar-refractivity contribution in [2.45, 2.75) is 46.1 Å². The number of hydrogen-bond acceptors (Lipinski definition) is 2. The molecule has 2 aliphatic rings. The van der Waals surface area contributed by atoms with Gasteiger partial charge in [0.2, 0.25) is 5.91 Å². The van der Waals surface area contributed by atoms with Gasteiger partial charge in [0.1, 0.15) is 0 Å². The molecule has 2 rings (SSSR count). The fourth-order valence-corrected chi connectivity index (χ4v) is 2.78. The third-order valence-electron chi connectivity index (χ3n) is 4.07. The van der Waals surface area contributed by atoms with Crippen molar-refractivity contribution in [1.82, 2.24) is 4.90 Å². The van der Waals surface area contributed by atoms with Gasteiger partial charge in [-0.05, 0) is 30.6 Å². The largest absolute Gasteiger partial charge is 0.342 e. The van der Waals surface area contributed by atoms with Crippen LogP contribution in [0.15, 0.2) is 0 Å². The van der Waals surface area contributed by atoms with Crippen LogP contribution >= 0.6 is 0 Å². The van der Waals surface area contributed by atoms with Crippen LogP contribution in [0.25, 0.3) is 0 Å². The first-order valence-corrected chi connectivity index (χ1v) is 6.44. The molecule has 1 saturated carbocycles. The molecule has 0 aromatic carbocycles. The maximum Gasteiger partial charge on any atom is 0.225 e. The Morgan fingerprint density at radius 3 is 2.25 bits per heavy atom. The molecule has 2 N–H and O–H groups in total. The second-order valence-electron chi connectivity index (χ2n) is 6.48. The Bertz CT molecular complexity index is 274. The first-order valence-electron chi connectivity index (χ1n) is 6.44. The molecule has 3 heteroatoms. The maximum atomic E-state index is 12.2. The van der Waals surface area contributed by atoms with Crippen molar-refractivity contribution >= 4 is 5.91 Å². The molecule has 1 saturated heterocycles. The Labute approximate surface area is 98.4 Å². The van der Waals surface area contributed by atoms with E-state index in [1.165, 1.54) is 0 Å². The topological polar surface area (TPSA) is 46.3 Å². The molecular weight excluding hydrogens is 200 g/mol. The molecule has 0 spiro atoms. The predicted octanol–water partition coefficient (Wildman–Crippen LogP) is 1.62. The minimum atomic E-state index is 0.284. The van der Waals surface area contributed by atoms with Gasteiger partial charge in [-0.2, -0.15) is 0 Å². The Balaban J connectivity index is 1.86. The highest BCUT2D eigenvalue weighted by Gasteiger charge is 2.50. The molecule has 1 amide bonds. The summed E-state index contributed by atoms with van der Waals surface area (Å²) >= 11 is 0. The van der Waals surface area contributed by atoms with Crippen LogP contribution in [0.4, 0.5) is 0 Å². The first-order chi connectivity index (χ1) is 7.39. The molecular formula is C13H24N2O. The van der Waals surface area contributed by atoms with Crippen LogP contribution in [0.3, 0.4) is 0 Å². The lowest BCUT2D eigenvalue weighted by Gasteiger charge is -2.31. The van der Waals surface area contributed by atoms with Crippen molar-refractivity contribution in [1.29, 1.82) is 0 Å². The smallest absolute Gasteiger partial charge is 0.225 e. The van der Waals surface area contributed by atoms with Gasteiger partial charge in [0.05, 0.1) is 0 Å². The minimum absolute atomic E-state index is 0.284. The summed E-state index contributed by atoms with van der Waals surface area (Å²) in [5.74, 6) is 1.27. The highest BCUT2D eigenvalue weighted by Crippen LogP contribution is 2.51. The van der Waals surface area contributed by atoms with E-state index in [1.807, 2.05) is 4.90 Å². The van der Waals surface area contributed by atoms with Crippen LogP contribution in [0.1, 0.15) is 40.0 Å². The van der Waals surface area contributed by atoms with Gasteiger partial charge in [-0.15, -0.1) is 0 Å². The Morgan fingerprint density at radius 2 is 1.81 bits per heavy atom. The van der Waals surface area contributed by atoms with Gasteiger partial charge in [-0.1, -0.05) is 20.8 Å². The number of hydrogen-bond donors (Lipinski definition) is 1. The third-order valence-corrected chi connectivity index (χ3v) is 4.07. The average molecular weight is 224 g/mol. The van der Waals surface area contributed by atoms with Crippen LogP contribution in [0.2, 0.25) is 0 Å². The molecule has 0 bridgehead atoms. The minimum Gasteiger partial charge on any atom is -0.342 e. The number of nitrogens with two attached hydrogens (primary N) is 1. The van der Waals surface area contributed by atoms with Crippen LogP contribution < -0.4 is 5.73 Å². The number of rotatable bonds is 1. The third kappa shape index (κ3) is 2.40. The second-order valence-corrected chi connectivity index (χ2v) is 6.48. The summed E-state index contributed by atoms with van der Waals surface area (Å²) in [5.41, 5.74) is 6.13. The zero-order valence-electron chi connectivity index (χ0n) is 10.7. The van der Waals surface area contributed by atoms with E-state index in [9.17, 15) is 4.79 Å². The molecule has 1 aliphatic heterocycles. The van der Waals surface area contributed by atoms with Crippen LogP contribution in [0, 0.1) is 17.3 Å². The summed E-state index contributed by atoms with van der Waals surface area (Å²) < 4.78 is 0. The number of carbonyl (C=O) groups is 1. The monoisotopic (exact) mass is 224 g/mol. The Hall–Kier alpha value is -0.570. The van der Waals surface area contributed by atoms with Crippen molar-refractivity contribution in [3.05, 3.63) is 0 Å². The molecule has 0 aromatic rings. The van der Waals surface area contributed by atoms with Gasteiger partial charge >= 0.3 is 0 Å². The van der Waals surface area contributed by atoms with Gasteiger partial charge < -0.3 is 10.6 Å². The average Bonchev–Trinajstić information content (AvgIpc) is 2.96. The molecule has 1 heterocycles. The van der Waals surface area contributed by atoms with E-state index in [4.69, 9.17) is 5.73 Å². The summed E-state index contributed by atoms with van der Waals surface area (Å²) in [7, 11) is 0. The fourth-order valence-electron chi connectivity index (χ4n) is 2.78. The molecule has 16 heavy (non-hydrogen) atoms. The lowest BCUT2D eigenvalue weighted by atomic mass is 9.88. The van der Waals surface area contributed by atoms with Gasteiger partial charge in [0, 0.05) is 25.0 Å². The van der Waals surface area contributed by atoms with Crippen molar-refractivity contribution in [3.8, 4) is 0 Å². The van der Waals surface area contributed by atoms with Gasteiger partial charge in [0.25, 0.3) is 0 Å². The number of nitrogens with zero attached hydrogens (tertiary/aromatic N) is 1. The normalized spacial score (nSPS) is 31.6. The second kappa shape index (κ2) is 4.02. The van der Waals surface area contributed by atoms with Crippen molar-refractivity contribution < 1.29 is 4.79 Å². The van der Waals surface area contributed by atoms with E-state index in [2.05, 4.69) is 20.8 Å². The van der Waals surface area contributed by atoms with Crippen LogP contribution in [-0.2, 0) is 4.79 Å². The van der Waals surface area contributed by atoms with E-state index in [-0.39, 0.29) is 5.41 Å². The quantitative estimate of drug-likeness (QED) is 0.735. The van der Waals surface area contributed by atoms with Gasteiger partial charge in [0.15, 0.2) is 0 Å². The van der Waals surface area contributed by atoms with Crippen molar-refractivity contribution in [2.75, 3.05) is 13.1 Å². The maximum absolute atomic E-state index is 12.2. The highest BCUT2D eigenvalue weighted by atomic mass is 16.2. The highest BCUT2D eigenvalue weighted by molar-refractivity contribution is 5.82. The predicted molar refractivity (Wildman–Crippen MR) is 64.8 cm³/mol. The SMILES string of the molecule is CC(C)(C)C1CC1C(=O)N1CCC(N)CC1. The summed E-state index contributed by atoms with van der Waals surface area (Å²) in [5, 5.41) is 0. The summed E-state index contributed by atoms with van der Waals surface area (Å²) in [6.45, 7) is 8.44. The molecule has 3 nitrogen and oxygen atoms in total. The molecule has 92 valence electrons. The number of amides is 1. The van der Waals surface area contributed by atoms with E-state index < -0.39 is 0 Å². The summed E-state index contributed by atoms with van der Waals surface area (Å²) in [6.07, 6.45) is 3.03. The number of likely N-dealkylation sites (tertiary alicyclic amines) is 1. The van der Waals surface area contributed by atoms with Crippen LogP contribution in [-0.4, -0.2) is 29.9 Å². The number of carbonyl (C=O) groups excluding carboxylic acids is 1. The molecule has 2 atom stereocenters. The van der Waals surface area contributed by atoms with Crippen molar-refractivity contribution in [2.24, 2.45) is 23.0 Å². The molecule has 0 radical (unpaired) electrons. The molecule has 1 aliphatic carbocycles. The van der Waals surface area contributed by atoms with Crippen LogP contribution in [0.5, 0.6) is 0 Å². The lowest BCUT2D eigenvalue weighted by molar-refractivity contribution is -0.134. The van der Waals surface area contributed by atoms with Gasteiger partial charge in [-0.25, -0.2) is 0 Å². The zero-order chi connectivity index (χ0) is 11.9. The Kier molecular flexibility index (Phi) is 2.99. The zero-order valence-corrected chi connectivity index (χ0v) is 10.7. The summed E-state index contributed by atoms with van der Waals surface area (Å²) in [4.78, 5) is 14.2. The van der Waals surface area contributed by atoms with E-state index >= 15 is 0 Å². The number of piperidine rings is 1. The van der Waals surface area contributed by atoms with Crippen molar-refractivity contribution in [3.63, 3.8) is 0 Å². The van der Waals surface area contributed by atoms with E-state index in [0.29, 0.717) is 23.8 Å². The Morgan fingerprint density at radius 1 is 1.25 bits per heavy atom. The summed E-state index contributed by atoms with van der Waals surface area (Å²) in [6, 6.07) is 0.307. The van der Waals surface area contributed by atoms with E-state index in [0.717, 1.165) is 32.4 Å². The van der Waals surface area contributed by atoms with Gasteiger partial charge in [-0.3, -0.25) is 4.79 Å². The molecule has 2 unspecified atom stereocenters. The lowest BCUT2D eigenvalue weighted by Crippen LogP contribution is -2.43.